The molecular weight excluding hydrogens is 218 g/mol. The third-order valence-corrected chi connectivity index (χ3v) is 2.17. The van der Waals surface area contributed by atoms with Crippen LogP contribution < -0.4 is 10.9 Å². The largest absolute Gasteiger partial charge is 0.350 e. The Bertz CT molecular complexity index is 451. The fourth-order valence-electron chi connectivity index (χ4n) is 1.32. The molecule has 5 nitrogen and oxygen atoms in total. The number of rotatable bonds is 6. The summed E-state index contributed by atoms with van der Waals surface area (Å²) >= 11 is 0. The van der Waals surface area contributed by atoms with Crippen LogP contribution in [0.25, 0.3) is 0 Å². The summed E-state index contributed by atoms with van der Waals surface area (Å²) in [5, 5.41) is 6.71. The lowest BCUT2D eigenvalue weighted by atomic mass is 10.3. The monoisotopic (exact) mass is 235 g/mol. The van der Waals surface area contributed by atoms with Crippen LogP contribution in [-0.4, -0.2) is 22.2 Å². The quantitative estimate of drug-likeness (QED) is 0.590. The molecule has 0 aliphatic carbocycles. The molecule has 92 valence electrons. The van der Waals surface area contributed by atoms with Crippen LogP contribution in [0.5, 0.6) is 0 Å². The number of hydrogen-bond acceptors (Lipinski definition) is 3. The van der Waals surface area contributed by atoms with Gasteiger partial charge in [-0.05, 0) is 18.9 Å². The summed E-state index contributed by atoms with van der Waals surface area (Å²) < 4.78 is 1.31. The van der Waals surface area contributed by atoms with Crippen molar-refractivity contribution in [1.82, 2.24) is 15.1 Å². The van der Waals surface area contributed by atoms with E-state index in [9.17, 15) is 9.59 Å². The van der Waals surface area contributed by atoms with Gasteiger partial charge in [0.25, 0.3) is 11.5 Å². The first-order valence-corrected chi connectivity index (χ1v) is 5.66. The number of aromatic nitrogens is 2. The maximum Gasteiger partial charge on any atom is 0.271 e. The average Bonchev–Trinajstić information content (AvgIpc) is 2.32. The Kier molecular flexibility index (Phi) is 5.13. The zero-order valence-corrected chi connectivity index (χ0v) is 9.98. The van der Waals surface area contributed by atoms with E-state index in [4.69, 9.17) is 0 Å². The highest BCUT2D eigenvalue weighted by Crippen LogP contribution is 1.92. The molecule has 0 spiro atoms. The molecule has 1 aromatic heterocycles. The van der Waals surface area contributed by atoms with E-state index in [2.05, 4.69) is 17.0 Å². The lowest BCUT2D eigenvalue weighted by molar-refractivity contribution is 0.0946. The predicted octanol–water partition coefficient (Wildman–Crippen LogP) is 0.959. The van der Waals surface area contributed by atoms with Crippen LogP contribution in [0.4, 0.5) is 0 Å². The average molecular weight is 235 g/mol. The van der Waals surface area contributed by atoms with Gasteiger partial charge in [-0.1, -0.05) is 13.0 Å². The second-order valence-corrected chi connectivity index (χ2v) is 3.61. The summed E-state index contributed by atoms with van der Waals surface area (Å²) in [6.07, 6.45) is 3.24. The number of hydrogen-bond donors (Lipinski definition) is 1. The number of carbonyl (C=O) groups excluding carboxylic acids is 1. The summed E-state index contributed by atoms with van der Waals surface area (Å²) in [5.74, 6) is -0.267. The fraction of sp³-hybridized carbons (Fsp3) is 0.417. The minimum absolute atomic E-state index is 0.186. The van der Waals surface area contributed by atoms with E-state index >= 15 is 0 Å². The van der Waals surface area contributed by atoms with E-state index in [1.54, 1.807) is 6.08 Å². The third kappa shape index (κ3) is 3.86. The number of aryl methyl sites for hydroxylation is 1. The Hall–Kier alpha value is -1.91. The van der Waals surface area contributed by atoms with Crippen LogP contribution in [0.3, 0.4) is 0 Å². The molecule has 1 heterocycles. The normalized spacial score (nSPS) is 9.94. The molecule has 1 amide bonds. The van der Waals surface area contributed by atoms with E-state index in [1.807, 2.05) is 6.92 Å². The summed E-state index contributed by atoms with van der Waals surface area (Å²) in [4.78, 5) is 23.1. The highest BCUT2D eigenvalue weighted by atomic mass is 16.2. The van der Waals surface area contributed by atoms with Crippen molar-refractivity contribution >= 4 is 5.91 Å². The van der Waals surface area contributed by atoms with E-state index < -0.39 is 0 Å². The van der Waals surface area contributed by atoms with Gasteiger partial charge < -0.3 is 5.32 Å². The number of amides is 1. The minimum Gasteiger partial charge on any atom is -0.350 e. The molecule has 1 N–H and O–H groups in total. The Morgan fingerprint density at radius 2 is 2.35 bits per heavy atom. The molecule has 17 heavy (non-hydrogen) atoms. The van der Waals surface area contributed by atoms with Crippen LogP contribution in [0.15, 0.2) is 29.6 Å². The Morgan fingerprint density at radius 3 is 3.00 bits per heavy atom. The van der Waals surface area contributed by atoms with Gasteiger partial charge in [0.05, 0.1) is 0 Å². The van der Waals surface area contributed by atoms with Crippen LogP contribution in [-0.2, 0) is 6.54 Å². The summed E-state index contributed by atoms with van der Waals surface area (Å²) in [5.41, 5.74) is 0.0802. The van der Waals surface area contributed by atoms with Crippen molar-refractivity contribution in [3.05, 3.63) is 40.8 Å². The Labute approximate surface area is 100 Å². The van der Waals surface area contributed by atoms with E-state index in [1.165, 1.54) is 16.8 Å². The molecule has 0 atom stereocenters. The first-order chi connectivity index (χ1) is 8.19. The van der Waals surface area contributed by atoms with Gasteiger partial charge in [-0.3, -0.25) is 9.59 Å². The Morgan fingerprint density at radius 1 is 1.59 bits per heavy atom. The van der Waals surface area contributed by atoms with Gasteiger partial charge in [0.2, 0.25) is 0 Å². The molecular formula is C12H17N3O2. The smallest absolute Gasteiger partial charge is 0.271 e. The van der Waals surface area contributed by atoms with Gasteiger partial charge in [-0.25, -0.2) is 4.68 Å². The van der Waals surface area contributed by atoms with Gasteiger partial charge in [0, 0.05) is 19.2 Å². The molecule has 0 fully saturated rings. The first-order valence-electron chi connectivity index (χ1n) is 5.66. The van der Waals surface area contributed by atoms with Crippen molar-refractivity contribution in [2.24, 2.45) is 0 Å². The fourth-order valence-corrected chi connectivity index (χ4v) is 1.32. The van der Waals surface area contributed by atoms with Gasteiger partial charge in [0.15, 0.2) is 0 Å². The van der Waals surface area contributed by atoms with Crippen molar-refractivity contribution in [2.45, 2.75) is 26.3 Å². The number of nitrogens with zero attached hydrogens (tertiary/aromatic N) is 2. The summed E-state index contributed by atoms with van der Waals surface area (Å²) in [6, 6.07) is 2.81. The van der Waals surface area contributed by atoms with Crippen molar-refractivity contribution in [3.63, 3.8) is 0 Å². The molecule has 0 bridgehead atoms. The van der Waals surface area contributed by atoms with Crippen molar-refractivity contribution < 1.29 is 4.79 Å². The van der Waals surface area contributed by atoms with Gasteiger partial charge >= 0.3 is 0 Å². The van der Waals surface area contributed by atoms with Crippen LogP contribution in [0, 0.1) is 0 Å². The van der Waals surface area contributed by atoms with Crippen molar-refractivity contribution in [3.8, 4) is 0 Å². The topological polar surface area (TPSA) is 64.0 Å². The van der Waals surface area contributed by atoms with E-state index in [0.717, 1.165) is 6.42 Å². The standard InChI is InChI=1S/C12H17N3O2/c1-3-5-8-13-12(17)10-6-7-11(16)15(14-10)9-4-2/h3,6-7H,1,4-5,8-9H2,2H3,(H,13,17). The van der Waals surface area contributed by atoms with Crippen LogP contribution >= 0.6 is 0 Å². The van der Waals surface area contributed by atoms with Crippen molar-refractivity contribution in [2.75, 3.05) is 6.54 Å². The zero-order valence-electron chi connectivity index (χ0n) is 9.98. The summed E-state index contributed by atoms with van der Waals surface area (Å²) in [6.45, 7) is 6.56. The maximum absolute atomic E-state index is 11.7. The molecule has 0 aliphatic rings. The molecule has 1 rings (SSSR count). The maximum atomic E-state index is 11.7. The lowest BCUT2D eigenvalue weighted by Crippen LogP contribution is -2.30. The summed E-state index contributed by atoms with van der Waals surface area (Å²) in [7, 11) is 0. The van der Waals surface area contributed by atoms with E-state index in [0.29, 0.717) is 19.5 Å². The molecule has 0 radical (unpaired) electrons. The van der Waals surface area contributed by atoms with Gasteiger partial charge in [-0.2, -0.15) is 5.10 Å². The molecule has 1 aromatic rings. The lowest BCUT2D eigenvalue weighted by Gasteiger charge is -2.06. The molecule has 0 unspecified atom stereocenters. The van der Waals surface area contributed by atoms with Gasteiger partial charge in [-0.15, -0.1) is 6.58 Å². The number of carbonyl (C=O) groups is 1. The van der Waals surface area contributed by atoms with Crippen LogP contribution in [0.1, 0.15) is 30.3 Å². The van der Waals surface area contributed by atoms with Gasteiger partial charge in [0.1, 0.15) is 5.69 Å². The molecule has 5 heteroatoms. The Balaban J connectivity index is 2.76. The second kappa shape index (κ2) is 6.62. The molecule has 0 saturated carbocycles. The predicted molar refractivity (Wildman–Crippen MR) is 65.9 cm³/mol. The van der Waals surface area contributed by atoms with Crippen molar-refractivity contribution in [1.29, 1.82) is 0 Å². The highest BCUT2D eigenvalue weighted by molar-refractivity contribution is 5.91. The second-order valence-electron chi connectivity index (χ2n) is 3.61. The number of nitrogens with one attached hydrogen (secondary N) is 1. The first kappa shape index (κ1) is 13.2. The molecule has 0 saturated heterocycles. The molecule has 0 aliphatic heterocycles. The highest BCUT2D eigenvalue weighted by Gasteiger charge is 2.08. The third-order valence-electron chi connectivity index (χ3n) is 2.17. The minimum atomic E-state index is -0.267. The van der Waals surface area contributed by atoms with Crippen LogP contribution in [0.2, 0.25) is 0 Å². The molecule has 0 aromatic carbocycles. The van der Waals surface area contributed by atoms with E-state index in [-0.39, 0.29) is 17.2 Å². The SMILES string of the molecule is C=CCCNC(=O)c1ccc(=O)n(CCC)n1. The zero-order chi connectivity index (χ0) is 12.7.